The van der Waals surface area contributed by atoms with Crippen LogP contribution >= 0.6 is 23.5 Å². The molecule has 3 atom stereocenters. The first-order chi connectivity index (χ1) is 13.3. The number of hydrogen-bond acceptors (Lipinski definition) is 9. The van der Waals surface area contributed by atoms with Crippen LogP contribution in [-0.4, -0.2) is 83.6 Å². The first kappa shape index (κ1) is 23.0. The van der Waals surface area contributed by atoms with Crippen molar-refractivity contribution < 1.29 is 30.0 Å². The van der Waals surface area contributed by atoms with E-state index in [-0.39, 0.29) is 0 Å². The zero-order valence-electron chi connectivity index (χ0n) is 15.7. The third kappa shape index (κ3) is 6.11. The second-order valence-electron chi connectivity index (χ2n) is 6.97. The van der Waals surface area contributed by atoms with Crippen LogP contribution in [-0.2, 0) is 9.59 Å². The minimum atomic E-state index is -2.27. The maximum atomic E-state index is 9.77. The number of nitrogens with zero attached hydrogens (tertiary/aromatic N) is 3. The number of carboxylic acid groups (broad SMARTS) is 2. The first-order valence-electron chi connectivity index (χ1n) is 9.34. The summed E-state index contributed by atoms with van der Waals surface area (Å²) in [7, 11) is 0. The maximum Gasteiger partial charge on any atom is 0.335 e. The fourth-order valence-corrected chi connectivity index (χ4v) is 5.23. The van der Waals surface area contributed by atoms with Crippen molar-refractivity contribution in [1.29, 1.82) is 0 Å². The van der Waals surface area contributed by atoms with Crippen LogP contribution in [0.3, 0.4) is 0 Å². The highest BCUT2D eigenvalue weighted by atomic mass is 32.2. The number of hydrogen-bond donors (Lipinski definition) is 4. The molecule has 0 aliphatic carbocycles. The van der Waals surface area contributed by atoms with Crippen molar-refractivity contribution in [2.24, 2.45) is 5.92 Å². The smallest absolute Gasteiger partial charge is 0.335 e. The molecule has 0 amide bonds. The number of unbranched alkanes of at least 4 members (excludes halogenated alkanes) is 1. The SMILES string of the molecule is CCCCSc1nsnc1C1CN2CCC1CC2.O=C(O)C(O)C(O)C(=O)O. The molecule has 0 aromatic carbocycles. The molecule has 158 valence electrons. The number of aliphatic carboxylic acids is 2. The van der Waals surface area contributed by atoms with Crippen molar-refractivity contribution in [3.63, 3.8) is 0 Å². The standard InChI is InChI=1S/C13H21N3S2.C4H6O6/c1-2-3-8-17-13-12(14-18-15-13)11-9-16-6-4-10(11)5-7-16;5-1(3(7)8)2(6)4(9)10/h10-11H,2-9H2,1H3;1-2,5-6H,(H,7,8)(H,9,10). The molecule has 9 nitrogen and oxygen atoms in total. The zero-order chi connectivity index (χ0) is 20.7. The van der Waals surface area contributed by atoms with E-state index in [9.17, 15) is 9.59 Å². The van der Waals surface area contributed by atoms with Crippen molar-refractivity contribution in [1.82, 2.24) is 13.6 Å². The molecule has 0 spiro atoms. The number of piperidine rings is 3. The molecule has 28 heavy (non-hydrogen) atoms. The summed E-state index contributed by atoms with van der Waals surface area (Å²) in [5.41, 5.74) is 1.32. The third-order valence-electron chi connectivity index (χ3n) is 5.03. The summed E-state index contributed by atoms with van der Waals surface area (Å²) in [4.78, 5) is 22.1. The van der Waals surface area contributed by atoms with Crippen LogP contribution in [0.2, 0.25) is 0 Å². The largest absolute Gasteiger partial charge is 0.479 e. The lowest BCUT2D eigenvalue weighted by atomic mass is 9.78. The molecule has 4 rings (SSSR count). The fourth-order valence-electron chi connectivity index (χ4n) is 3.37. The van der Waals surface area contributed by atoms with Crippen LogP contribution in [0.1, 0.15) is 44.2 Å². The van der Waals surface area contributed by atoms with Crippen molar-refractivity contribution in [3.8, 4) is 0 Å². The molecule has 2 bridgehead atoms. The van der Waals surface area contributed by atoms with Crippen LogP contribution in [0.4, 0.5) is 0 Å². The van der Waals surface area contributed by atoms with E-state index in [4.69, 9.17) is 20.4 Å². The van der Waals surface area contributed by atoms with E-state index in [0.717, 1.165) is 5.92 Å². The van der Waals surface area contributed by atoms with Gasteiger partial charge in [0.1, 0.15) is 5.03 Å². The highest BCUT2D eigenvalue weighted by Crippen LogP contribution is 2.41. The van der Waals surface area contributed by atoms with E-state index in [0.29, 0.717) is 5.92 Å². The molecule has 3 fully saturated rings. The maximum absolute atomic E-state index is 9.77. The second kappa shape index (κ2) is 11.1. The van der Waals surface area contributed by atoms with Crippen LogP contribution < -0.4 is 0 Å². The molecule has 3 aliphatic rings. The summed E-state index contributed by atoms with van der Waals surface area (Å²) < 4.78 is 9.14. The molecule has 3 unspecified atom stereocenters. The van der Waals surface area contributed by atoms with Gasteiger partial charge in [-0.25, -0.2) is 9.59 Å². The van der Waals surface area contributed by atoms with Gasteiger partial charge in [0, 0.05) is 12.5 Å². The van der Waals surface area contributed by atoms with E-state index < -0.39 is 24.1 Å². The van der Waals surface area contributed by atoms with Gasteiger partial charge < -0.3 is 25.3 Å². The Balaban J connectivity index is 0.000000242. The molecule has 0 radical (unpaired) electrons. The topological polar surface area (TPSA) is 144 Å². The van der Waals surface area contributed by atoms with Gasteiger partial charge in [0.2, 0.25) is 0 Å². The highest BCUT2D eigenvalue weighted by molar-refractivity contribution is 7.99. The van der Waals surface area contributed by atoms with Gasteiger partial charge in [-0.1, -0.05) is 13.3 Å². The Labute approximate surface area is 172 Å². The lowest BCUT2D eigenvalue weighted by molar-refractivity contribution is -0.165. The number of carbonyl (C=O) groups is 2. The van der Waals surface area contributed by atoms with Gasteiger partial charge in [-0.05, 0) is 44.0 Å². The minimum absolute atomic E-state index is 0.662. The number of thioether (sulfide) groups is 1. The molecular weight excluding hydrogens is 406 g/mol. The third-order valence-corrected chi connectivity index (χ3v) is 6.76. The predicted molar refractivity (Wildman–Crippen MR) is 105 cm³/mol. The fraction of sp³-hybridized carbons (Fsp3) is 0.765. The number of carboxylic acids is 2. The molecule has 4 heterocycles. The number of aliphatic hydroxyl groups is 2. The van der Waals surface area contributed by atoms with Crippen LogP contribution in [0.5, 0.6) is 0 Å². The van der Waals surface area contributed by atoms with E-state index in [1.54, 1.807) is 0 Å². The van der Waals surface area contributed by atoms with Crippen LogP contribution in [0.15, 0.2) is 5.03 Å². The summed E-state index contributed by atoms with van der Waals surface area (Å²) in [6.45, 7) is 6.07. The lowest BCUT2D eigenvalue weighted by Crippen LogP contribution is -2.46. The van der Waals surface area contributed by atoms with Gasteiger partial charge in [-0.2, -0.15) is 8.75 Å². The molecule has 1 aromatic rings. The summed E-state index contributed by atoms with van der Waals surface area (Å²) in [6, 6.07) is 0. The molecule has 0 saturated carbocycles. The first-order valence-corrected chi connectivity index (χ1v) is 11.1. The number of fused-ring (bicyclic) bond motifs is 3. The average Bonchev–Trinajstić information content (AvgIpc) is 3.16. The van der Waals surface area contributed by atoms with Crippen molar-refractivity contribution in [2.45, 2.75) is 55.8 Å². The quantitative estimate of drug-likeness (QED) is 0.348. The molecule has 1 aromatic heterocycles. The summed E-state index contributed by atoms with van der Waals surface area (Å²) in [5, 5.41) is 33.8. The van der Waals surface area contributed by atoms with Crippen LogP contribution in [0.25, 0.3) is 0 Å². The predicted octanol–water partition coefficient (Wildman–Crippen LogP) is 1.12. The number of rotatable bonds is 8. The Bertz CT molecular complexity index is 633. The van der Waals surface area contributed by atoms with E-state index in [2.05, 4.69) is 20.6 Å². The second-order valence-corrected chi connectivity index (χ2v) is 8.58. The monoisotopic (exact) mass is 433 g/mol. The Morgan fingerprint density at radius 3 is 2.25 bits per heavy atom. The van der Waals surface area contributed by atoms with Gasteiger partial charge >= 0.3 is 11.9 Å². The van der Waals surface area contributed by atoms with Crippen molar-refractivity contribution in [2.75, 3.05) is 25.4 Å². The van der Waals surface area contributed by atoms with E-state index in [1.165, 1.54) is 73.5 Å². The normalized spacial score (nSPS) is 25.5. The Morgan fingerprint density at radius 1 is 1.18 bits per heavy atom. The average molecular weight is 434 g/mol. The molecule has 4 N–H and O–H groups in total. The minimum Gasteiger partial charge on any atom is -0.479 e. The number of aromatic nitrogens is 2. The van der Waals surface area contributed by atoms with Gasteiger partial charge in [0.25, 0.3) is 0 Å². The van der Waals surface area contributed by atoms with Gasteiger partial charge in [0.15, 0.2) is 12.2 Å². The molecular formula is C17H27N3O6S2. The summed E-state index contributed by atoms with van der Waals surface area (Å²) in [6.07, 6.45) is 0.736. The Hall–Kier alpha value is -1.27. The van der Waals surface area contributed by atoms with Crippen LogP contribution in [0, 0.1) is 5.92 Å². The molecule has 3 saturated heterocycles. The molecule has 3 aliphatic heterocycles. The lowest BCUT2D eigenvalue weighted by Gasteiger charge is -2.44. The highest BCUT2D eigenvalue weighted by Gasteiger charge is 2.37. The van der Waals surface area contributed by atoms with Gasteiger partial charge in [-0.3, -0.25) is 0 Å². The summed E-state index contributed by atoms with van der Waals surface area (Å²) >= 11 is 3.32. The van der Waals surface area contributed by atoms with Gasteiger partial charge in [0.05, 0.1) is 17.4 Å². The Morgan fingerprint density at radius 2 is 1.79 bits per heavy atom. The molecule has 11 heteroatoms. The number of aliphatic hydroxyl groups excluding tert-OH is 2. The zero-order valence-corrected chi connectivity index (χ0v) is 17.4. The van der Waals surface area contributed by atoms with E-state index >= 15 is 0 Å². The van der Waals surface area contributed by atoms with E-state index in [1.807, 2.05) is 11.8 Å². The van der Waals surface area contributed by atoms with Gasteiger partial charge in [-0.15, -0.1) is 11.8 Å². The summed E-state index contributed by atoms with van der Waals surface area (Å²) in [5.74, 6) is -0.819. The Kier molecular flexibility index (Phi) is 9.09. The van der Waals surface area contributed by atoms with Crippen molar-refractivity contribution in [3.05, 3.63) is 5.69 Å². The van der Waals surface area contributed by atoms with Crippen molar-refractivity contribution >= 4 is 35.4 Å².